The van der Waals surface area contributed by atoms with Gasteiger partial charge in [-0.25, -0.2) is 4.98 Å². The summed E-state index contributed by atoms with van der Waals surface area (Å²) in [4.78, 5) is 21.3. The number of H-pyrrole nitrogens is 1. The number of hydrogen-bond acceptors (Lipinski definition) is 7. The van der Waals surface area contributed by atoms with E-state index < -0.39 is 17.4 Å². The van der Waals surface area contributed by atoms with Crippen LogP contribution in [0.15, 0.2) is 68.5 Å². The Morgan fingerprint density at radius 3 is 2.51 bits per heavy atom. The highest BCUT2D eigenvalue weighted by Gasteiger charge is 2.40. The van der Waals surface area contributed by atoms with Crippen molar-refractivity contribution in [2.75, 3.05) is 7.11 Å². The van der Waals surface area contributed by atoms with Crippen molar-refractivity contribution in [3.8, 4) is 39.6 Å². The van der Waals surface area contributed by atoms with E-state index in [9.17, 15) is 18.0 Å². The Morgan fingerprint density at radius 2 is 1.84 bits per heavy atom. The van der Waals surface area contributed by atoms with Gasteiger partial charge in [-0.2, -0.15) is 22.8 Å². The molecule has 0 fully saturated rings. The number of alkyl halides is 3. The van der Waals surface area contributed by atoms with Crippen LogP contribution in [0.5, 0.6) is 5.75 Å². The molecule has 0 aliphatic carbocycles. The van der Waals surface area contributed by atoms with Gasteiger partial charge in [0, 0.05) is 0 Å². The van der Waals surface area contributed by atoms with E-state index >= 15 is 0 Å². The van der Waals surface area contributed by atoms with E-state index in [0.29, 0.717) is 32.6 Å². The molecule has 4 aromatic heterocycles. The van der Waals surface area contributed by atoms with Crippen molar-refractivity contribution >= 4 is 16.7 Å². The van der Waals surface area contributed by atoms with E-state index in [-0.39, 0.29) is 33.9 Å². The molecule has 0 unspecified atom stereocenters. The average molecular weight is 507 g/mol. The van der Waals surface area contributed by atoms with Crippen molar-refractivity contribution in [2.24, 2.45) is 0 Å². The maximum atomic E-state index is 14.1. The van der Waals surface area contributed by atoms with E-state index in [4.69, 9.17) is 13.7 Å². The zero-order chi connectivity index (χ0) is 25.9. The Hall–Kier alpha value is -4.87. The molecule has 12 heteroatoms. The van der Waals surface area contributed by atoms with Crippen molar-refractivity contribution in [3.63, 3.8) is 0 Å². The lowest BCUT2D eigenvalue weighted by Gasteiger charge is -2.09. The molecule has 0 saturated heterocycles. The fourth-order valence-electron chi connectivity index (χ4n) is 4.28. The molecule has 6 rings (SSSR count). The number of ether oxygens (including phenoxy) is 1. The fraction of sp³-hybridized carbons (Fsp3) is 0.120. The highest BCUT2D eigenvalue weighted by atomic mass is 19.4. The fourth-order valence-corrected chi connectivity index (χ4v) is 4.28. The number of fused-ring (bicyclic) bond motifs is 2. The number of hydrogen-bond donors (Lipinski definition) is 1. The monoisotopic (exact) mass is 507 g/mol. The zero-order valence-corrected chi connectivity index (χ0v) is 19.3. The normalized spacial score (nSPS) is 12.0. The number of methoxy groups -OCH3 is 1. The van der Waals surface area contributed by atoms with Crippen molar-refractivity contribution in [2.45, 2.75) is 13.1 Å². The Morgan fingerprint density at radius 1 is 1.05 bits per heavy atom. The van der Waals surface area contributed by atoms with Crippen LogP contribution in [0.3, 0.4) is 0 Å². The number of aromatic amines is 1. The minimum atomic E-state index is -4.84. The summed E-state index contributed by atoms with van der Waals surface area (Å²) in [5, 5.41) is 7.56. The second kappa shape index (κ2) is 8.08. The van der Waals surface area contributed by atoms with Crippen molar-refractivity contribution in [3.05, 3.63) is 76.5 Å². The van der Waals surface area contributed by atoms with Gasteiger partial charge in [0.2, 0.25) is 5.89 Å². The van der Waals surface area contributed by atoms with Crippen LogP contribution in [0.4, 0.5) is 13.2 Å². The number of benzene rings is 2. The van der Waals surface area contributed by atoms with Crippen LogP contribution in [0.2, 0.25) is 0 Å². The zero-order valence-electron chi connectivity index (χ0n) is 19.3. The summed E-state index contributed by atoms with van der Waals surface area (Å²) in [5.41, 5.74) is -0.906. The molecule has 9 nitrogen and oxygen atoms in total. The SMILES string of the molecule is COc1cccc2oc(-c3c(-c4conc4C)[nH]c4c(-c5ccccc5)c(C(F)(F)F)nn4c3=O)nc12. The van der Waals surface area contributed by atoms with Crippen molar-refractivity contribution in [1.29, 1.82) is 0 Å². The predicted molar refractivity (Wildman–Crippen MR) is 126 cm³/mol. The number of rotatable bonds is 4. The first-order valence-electron chi connectivity index (χ1n) is 10.9. The molecule has 0 radical (unpaired) electrons. The van der Waals surface area contributed by atoms with Crippen LogP contribution in [-0.4, -0.2) is 31.8 Å². The summed E-state index contributed by atoms with van der Waals surface area (Å²) in [7, 11) is 1.46. The maximum absolute atomic E-state index is 14.1. The molecule has 0 aliphatic heterocycles. The summed E-state index contributed by atoms with van der Waals surface area (Å²) in [6.07, 6.45) is -3.55. The molecule has 0 bridgehead atoms. The summed E-state index contributed by atoms with van der Waals surface area (Å²) in [5.74, 6) is 0.265. The largest absolute Gasteiger partial charge is 0.494 e. The molecule has 2 aromatic carbocycles. The molecule has 37 heavy (non-hydrogen) atoms. The third-order valence-corrected chi connectivity index (χ3v) is 5.95. The third-order valence-electron chi connectivity index (χ3n) is 5.95. The Labute approximate surface area is 205 Å². The van der Waals surface area contributed by atoms with E-state index in [2.05, 4.69) is 20.2 Å². The minimum absolute atomic E-state index is 0.118. The lowest BCUT2D eigenvalue weighted by Crippen LogP contribution is -2.19. The Balaban J connectivity index is 1.76. The van der Waals surface area contributed by atoms with Gasteiger partial charge in [0.15, 0.2) is 16.8 Å². The van der Waals surface area contributed by atoms with Crippen molar-refractivity contribution in [1.82, 2.24) is 24.7 Å². The van der Waals surface area contributed by atoms with Gasteiger partial charge in [0.1, 0.15) is 23.2 Å². The second-order valence-corrected chi connectivity index (χ2v) is 8.17. The van der Waals surface area contributed by atoms with Gasteiger partial charge in [0.05, 0.1) is 29.6 Å². The van der Waals surface area contributed by atoms with Gasteiger partial charge < -0.3 is 18.7 Å². The molecule has 0 atom stereocenters. The lowest BCUT2D eigenvalue weighted by molar-refractivity contribution is -0.140. The second-order valence-electron chi connectivity index (χ2n) is 8.17. The number of nitrogens with zero attached hydrogens (tertiary/aromatic N) is 4. The molecule has 0 saturated carbocycles. The third kappa shape index (κ3) is 3.48. The summed E-state index contributed by atoms with van der Waals surface area (Å²) in [6, 6.07) is 12.9. The molecule has 6 aromatic rings. The standard InChI is InChI=1S/C25H16F3N5O4/c1-12-14(11-36-32-12)19-18(23-30-20-15(35-2)9-6-10-16(20)37-23)24(34)33-22(29-19)17(13-7-4-3-5-8-13)21(31-33)25(26,27)28/h3-11,29H,1-2H3. The number of aromatic nitrogens is 5. The van der Waals surface area contributed by atoms with Gasteiger partial charge in [-0.15, -0.1) is 0 Å². The highest BCUT2D eigenvalue weighted by Crippen LogP contribution is 2.40. The topological polar surface area (TPSA) is 111 Å². The molecule has 0 amide bonds. The van der Waals surface area contributed by atoms with Crippen LogP contribution in [0.1, 0.15) is 11.4 Å². The van der Waals surface area contributed by atoms with Crippen LogP contribution in [0, 0.1) is 6.92 Å². The van der Waals surface area contributed by atoms with Gasteiger partial charge in [0.25, 0.3) is 5.56 Å². The summed E-state index contributed by atoms with van der Waals surface area (Å²) >= 11 is 0. The molecule has 0 aliphatic rings. The molecular weight excluding hydrogens is 491 g/mol. The Kier molecular flexibility index (Phi) is 4.93. The quantitative estimate of drug-likeness (QED) is 0.336. The number of halogens is 3. The first-order chi connectivity index (χ1) is 17.8. The minimum Gasteiger partial charge on any atom is -0.494 e. The van der Waals surface area contributed by atoms with Crippen LogP contribution < -0.4 is 10.3 Å². The first-order valence-corrected chi connectivity index (χ1v) is 10.9. The predicted octanol–water partition coefficient (Wildman–Crippen LogP) is 5.49. The first kappa shape index (κ1) is 22.6. The summed E-state index contributed by atoms with van der Waals surface area (Å²) < 4.78 is 59.3. The lowest BCUT2D eigenvalue weighted by atomic mass is 10.0. The van der Waals surface area contributed by atoms with Crippen LogP contribution in [0.25, 0.3) is 50.6 Å². The van der Waals surface area contributed by atoms with Crippen LogP contribution >= 0.6 is 0 Å². The maximum Gasteiger partial charge on any atom is 0.435 e. The molecule has 4 heterocycles. The molecular formula is C25H16F3N5O4. The number of aryl methyl sites for hydroxylation is 1. The smallest absolute Gasteiger partial charge is 0.435 e. The van der Waals surface area contributed by atoms with Gasteiger partial charge >= 0.3 is 6.18 Å². The molecule has 0 spiro atoms. The summed E-state index contributed by atoms with van der Waals surface area (Å²) in [6.45, 7) is 1.63. The van der Waals surface area contributed by atoms with E-state index in [1.807, 2.05) is 0 Å². The molecule has 1 N–H and O–H groups in total. The van der Waals surface area contributed by atoms with Gasteiger partial charge in [-0.05, 0) is 24.6 Å². The van der Waals surface area contributed by atoms with Crippen molar-refractivity contribution < 1.29 is 26.8 Å². The molecule has 186 valence electrons. The van der Waals surface area contributed by atoms with Gasteiger partial charge in [-0.1, -0.05) is 41.6 Å². The number of nitrogens with one attached hydrogen (secondary N) is 1. The number of para-hydroxylation sites is 1. The average Bonchev–Trinajstić information content (AvgIpc) is 3.60. The van der Waals surface area contributed by atoms with E-state index in [0.717, 1.165) is 0 Å². The highest BCUT2D eigenvalue weighted by molar-refractivity contribution is 5.88. The number of oxazole rings is 1. The van der Waals surface area contributed by atoms with Gasteiger partial charge in [-0.3, -0.25) is 4.79 Å². The van der Waals surface area contributed by atoms with Crippen LogP contribution in [-0.2, 0) is 6.18 Å². The Bertz CT molecular complexity index is 1850. The van der Waals surface area contributed by atoms with E-state index in [1.54, 1.807) is 43.3 Å². The van der Waals surface area contributed by atoms with E-state index in [1.165, 1.54) is 25.5 Å².